The Bertz CT molecular complexity index is 1520. The van der Waals surface area contributed by atoms with E-state index < -0.39 is 0 Å². The summed E-state index contributed by atoms with van der Waals surface area (Å²) in [4.78, 5) is 3.57. The normalized spacial score (nSPS) is 19.0. The van der Waals surface area contributed by atoms with E-state index in [1.807, 2.05) is 41.7 Å². The van der Waals surface area contributed by atoms with Crippen molar-refractivity contribution < 1.29 is 4.39 Å². The predicted molar refractivity (Wildman–Crippen MR) is 215 cm³/mol. The minimum atomic E-state index is -0.197. The first-order valence-electron chi connectivity index (χ1n) is 17.8. The Kier molecular flexibility index (Phi) is 14.4. The van der Waals surface area contributed by atoms with Crippen LogP contribution in [0.3, 0.4) is 0 Å². The summed E-state index contributed by atoms with van der Waals surface area (Å²) in [5.74, 6) is 1.58. The van der Waals surface area contributed by atoms with E-state index in [1.165, 1.54) is 42.6 Å². The number of likely N-dealkylation sites (tertiary alicyclic amines) is 1. The monoisotopic (exact) mass is 698 g/mol. The highest BCUT2D eigenvalue weighted by molar-refractivity contribution is 8.08. The van der Waals surface area contributed by atoms with Gasteiger partial charge in [-0.1, -0.05) is 73.8 Å². The third-order valence-corrected chi connectivity index (χ3v) is 11.9. The summed E-state index contributed by atoms with van der Waals surface area (Å²) in [6.45, 7) is 17.8. The van der Waals surface area contributed by atoms with Gasteiger partial charge in [-0.3, -0.25) is 0 Å². The van der Waals surface area contributed by atoms with Gasteiger partial charge in [0, 0.05) is 52.3 Å². The Hall–Kier alpha value is -2.97. The maximum absolute atomic E-state index is 13.6. The molecule has 2 fully saturated rings. The van der Waals surface area contributed by atoms with Crippen molar-refractivity contribution in [2.75, 3.05) is 50.6 Å². The number of thioether (sulfide) groups is 2. The quantitative estimate of drug-likeness (QED) is 0.115. The third kappa shape index (κ3) is 11.5. The van der Waals surface area contributed by atoms with Gasteiger partial charge in [0.1, 0.15) is 5.82 Å². The van der Waals surface area contributed by atoms with Gasteiger partial charge < -0.3 is 20.9 Å². The highest BCUT2D eigenvalue weighted by Gasteiger charge is 2.26. The number of nitrogens with zero attached hydrogens (tertiary/aromatic N) is 1. The Morgan fingerprint density at radius 1 is 1.00 bits per heavy atom. The van der Waals surface area contributed by atoms with E-state index in [0.29, 0.717) is 17.2 Å². The molecule has 262 valence electrons. The van der Waals surface area contributed by atoms with Gasteiger partial charge in [-0.05, 0) is 124 Å². The third-order valence-electron chi connectivity index (χ3n) is 10.0. The largest absolute Gasteiger partial charge is 0.383 e. The van der Waals surface area contributed by atoms with Crippen molar-refractivity contribution >= 4 is 39.8 Å². The maximum Gasteiger partial charge on any atom is 0.123 e. The summed E-state index contributed by atoms with van der Waals surface area (Å²) in [7, 11) is 2.22. The summed E-state index contributed by atoms with van der Waals surface area (Å²) in [6, 6.07) is 24.6. The number of halogens is 1. The molecule has 0 saturated carbocycles. The second kappa shape index (κ2) is 18.9. The number of benzene rings is 3. The van der Waals surface area contributed by atoms with E-state index in [1.54, 1.807) is 12.1 Å². The van der Waals surface area contributed by atoms with Gasteiger partial charge >= 0.3 is 0 Å². The molecule has 0 amide bonds. The summed E-state index contributed by atoms with van der Waals surface area (Å²) in [5.41, 5.74) is 8.06. The average Bonchev–Trinajstić information content (AvgIpc) is 3.57. The molecule has 3 N–H and O–H groups in total. The Labute approximate surface area is 303 Å². The Morgan fingerprint density at radius 3 is 2.49 bits per heavy atom. The van der Waals surface area contributed by atoms with Gasteiger partial charge in [0.15, 0.2) is 0 Å². The van der Waals surface area contributed by atoms with Crippen molar-refractivity contribution in [3.63, 3.8) is 0 Å². The summed E-state index contributed by atoms with van der Waals surface area (Å²) >= 11 is 3.77. The summed E-state index contributed by atoms with van der Waals surface area (Å²) in [5, 5.41) is 11.8. The topological polar surface area (TPSA) is 39.3 Å². The van der Waals surface area contributed by atoms with Crippen LogP contribution in [-0.2, 0) is 12.8 Å². The lowest BCUT2D eigenvalue weighted by atomic mass is 9.87. The van der Waals surface area contributed by atoms with Crippen LogP contribution in [0.5, 0.6) is 0 Å². The second-order valence-electron chi connectivity index (χ2n) is 13.8. The van der Waals surface area contributed by atoms with Crippen molar-refractivity contribution in [1.82, 2.24) is 15.5 Å². The van der Waals surface area contributed by atoms with Crippen LogP contribution in [-0.4, -0.2) is 67.5 Å². The molecule has 3 aromatic rings. The van der Waals surface area contributed by atoms with E-state index in [0.717, 1.165) is 78.4 Å². The van der Waals surface area contributed by atoms with Gasteiger partial charge in [0.05, 0.1) is 0 Å². The molecule has 4 nitrogen and oxygen atoms in total. The highest BCUT2D eigenvalue weighted by Crippen LogP contribution is 2.34. The van der Waals surface area contributed by atoms with Gasteiger partial charge in [-0.2, -0.15) is 11.8 Å². The fourth-order valence-electron chi connectivity index (χ4n) is 6.96. The molecule has 0 radical (unpaired) electrons. The lowest BCUT2D eigenvalue weighted by molar-refractivity contribution is 0.217. The lowest BCUT2D eigenvalue weighted by Gasteiger charge is -2.32. The number of hydrogen-bond acceptors (Lipinski definition) is 6. The number of hydrogen-bond donors (Lipinski definition) is 3. The van der Waals surface area contributed by atoms with Gasteiger partial charge in [0.2, 0.25) is 0 Å². The van der Waals surface area contributed by atoms with Gasteiger partial charge in [0.25, 0.3) is 0 Å². The molecule has 0 aromatic heterocycles. The van der Waals surface area contributed by atoms with Crippen molar-refractivity contribution in [3.8, 4) is 0 Å². The predicted octanol–water partition coefficient (Wildman–Crippen LogP) is 9.13. The van der Waals surface area contributed by atoms with Crippen molar-refractivity contribution in [2.24, 2.45) is 5.92 Å². The zero-order valence-corrected chi connectivity index (χ0v) is 31.1. The van der Waals surface area contributed by atoms with Crippen molar-refractivity contribution in [2.45, 2.75) is 62.3 Å². The van der Waals surface area contributed by atoms with Crippen LogP contribution in [0.4, 0.5) is 10.1 Å². The molecule has 3 atom stereocenters. The van der Waals surface area contributed by atoms with E-state index in [9.17, 15) is 4.39 Å². The molecule has 0 aliphatic carbocycles. The number of piperidine rings is 1. The fraction of sp³-hybridized carbons (Fsp3) is 0.429. The molecule has 2 heterocycles. The molecule has 3 aromatic carbocycles. The molecule has 5 rings (SSSR count). The Morgan fingerprint density at radius 2 is 1.76 bits per heavy atom. The zero-order chi connectivity index (χ0) is 34.6. The molecule has 2 aliphatic rings. The maximum atomic E-state index is 13.6. The molecular formula is C42H55FN4S2. The molecule has 2 saturated heterocycles. The van der Waals surface area contributed by atoms with Crippen LogP contribution >= 0.6 is 23.5 Å². The highest BCUT2D eigenvalue weighted by atomic mass is 32.2. The Balaban J connectivity index is 1.25. The number of nitrogens with one attached hydrogen (secondary N) is 3. The minimum absolute atomic E-state index is 0.184. The second-order valence-corrected chi connectivity index (χ2v) is 16.2. The first-order chi connectivity index (χ1) is 23.8. The van der Waals surface area contributed by atoms with E-state index in [-0.39, 0.29) is 11.9 Å². The SMILES string of the molecule is C=C(SC1CNC(CNc2ccc(CCc3ccc(F)cc3)c(C(=C)NC(CCSC)C(=C)CC3CCN(C)CC3)c2)C1)c1ccccc1. The number of aryl methyl sites for hydroxylation is 2. The number of anilines is 1. The molecule has 2 aliphatic heterocycles. The van der Waals surface area contributed by atoms with Crippen LogP contribution in [0.15, 0.2) is 98.1 Å². The van der Waals surface area contributed by atoms with Crippen LogP contribution in [0.2, 0.25) is 0 Å². The van der Waals surface area contributed by atoms with Crippen LogP contribution < -0.4 is 16.0 Å². The summed E-state index contributed by atoms with van der Waals surface area (Å²) < 4.78 is 13.6. The standard InChI is InChI=1S/C42H55FN4S2/c1-30(25-34-19-22-47(4)23-20-34)42(21-24-48-5)46-31(2)41-27-38(18-15-36(41)14-11-33-12-16-37(43)17-13-33)44-28-39-26-40(29-45-39)49-32(3)35-9-7-6-8-10-35/h6-10,12-13,15-18,27,34,39-40,42,44-46H,1-3,11,14,19-26,28-29H2,4-5H3. The molecule has 49 heavy (non-hydrogen) atoms. The minimum Gasteiger partial charge on any atom is -0.383 e. The first-order valence-corrected chi connectivity index (χ1v) is 20.1. The van der Waals surface area contributed by atoms with Crippen LogP contribution in [0, 0.1) is 11.7 Å². The van der Waals surface area contributed by atoms with Crippen LogP contribution in [0.25, 0.3) is 10.6 Å². The molecule has 7 heteroatoms. The first kappa shape index (κ1) is 37.3. The molecule has 0 spiro atoms. The molecular weight excluding hydrogens is 644 g/mol. The van der Waals surface area contributed by atoms with Crippen molar-refractivity contribution in [3.05, 3.63) is 126 Å². The summed E-state index contributed by atoms with van der Waals surface area (Å²) in [6.07, 6.45) is 9.53. The van der Waals surface area contributed by atoms with Gasteiger partial charge in [-0.25, -0.2) is 4.39 Å². The van der Waals surface area contributed by atoms with E-state index in [2.05, 4.69) is 96.4 Å². The van der Waals surface area contributed by atoms with E-state index in [4.69, 9.17) is 0 Å². The molecule has 0 bridgehead atoms. The van der Waals surface area contributed by atoms with Gasteiger partial charge in [-0.15, -0.1) is 11.8 Å². The molecule has 3 unspecified atom stereocenters. The lowest BCUT2D eigenvalue weighted by Crippen LogP contribution is -2.34. The average molecular weight is 699 g/mol. The van der Waals surface area contributed by atoms with Crippen LogP contribution in [0.1, 0.15) is 54.4 Å². The smallest absolute Gasteiger partial charge is 0.123 e. The van der Waals surface area contributed by atoms with E-state index >= 15 is 0 Å². The number of rotatable bonds is 18. The fourth-order valence-corrected chi connectivity index (χ4v) is 8.61. The van der Waals surface area contributed by atoms with Crippen molar-refractivity contribution in [1.29, 1.82) is 0 Å². The zero-order valence-electron chi connectivity index (χ0n) is 29.5.